The zero-order valence-corrected chi connectivity index (χ0v) is 11.7. The van der Waals surface area contributed by atoms with Crippen molar-refractivity contribution in [2.75, 3.05) is 5.73 Å². The summed E-state index contributed by atoms with van der Waals surface area (Å²) in [5.74, 6) is 1.07. The van der Waals surface area contributed by atoms with Crippen LogP contribution in [0.4, 0.5) is 5.95 Å². The van der Waals surface area contributed by atoms with Crippen molar-refractivity contribution in [3.8, 4) is 11.4 Å². The Morgan fingerprint density at radius 3 is 2.80 bits per heavy atom. The van der Waals surface area contributed by atoms with Gasteiger partial charge in [-0.3, -0.25) is 0 Å². The van der Waals surface area contributed by atoms with Crippen LogP contribution < -0.4 is 5.73 Å². The van der Waals surface area contributed by atoms with E-state index in [9.17, 15) is 0 Å². The molecule has 6 heteroatoms. The summed E-state index contributed by atoms with van der Waals surface area (Å²) in [6.07, 6.45) is 0. The molecule has 1 aromatic carbocycles. The molecule has 0 bridgehead atoms. The predicted octanol–water partition coefficient (Wildman–Crippen LogP) is 2.43. The molecule has 0 fully saturated rings. The highest BCUT2D eigenvalue weighted by molar-refractivity contribution is 14.1. The Bertz CT molecular complexity index is 489. The highest BCUT2D eigenvalue weighted by atomic mass is 127. The minimum atomic E-state index is 0.417. The number of aromatic nitrogens is 3. The van der Waals surface area contributed by atoms with Crippen LogP contribution in [-0.4, -0.2) is 14.8 Å². The largest absolute Gasteiger partial charge is 0.368 e. The SMILES string of the molecule is Cn1nc(-c2cc(Br)ccc2I)nc1N. The molecule has 0 aliphatic heterocycles. The van der Waals surface area contributed by atoms with Crippen molar-refractivity contribution in [3.05, 3.63) is 26.2 Å². The Balaban J connectivity index is 2.58. The van der Waals surface area contributed by atoms with E-state index in [1.807, 2.05) is 18.2 Å². The van der Waals surface area contributed by atoms with Gasteiger partial charge in [-0.05, 0) is 40.8 Å². The lowest BCUT2D eigenvalue weighted by molar-refractivity contribution is 0.780. The van der Waals surface area contributed by atoms with Crippen molar-refractivity contribution in [3.63, 3.8) is 0 Å². The molecule has 0 saturated carbocycles. The minimum absolute atomic E-state index is 0.417. The second-order valence-electron chi connectivity index (χ2n) is 3.04. The van der Waals surface area contributed by atoms with E-state index in [0.717, 1.165) is 13.6 Å². The Hall–Kier alpha value is -0.630. The number of benzene rings is 1. The van der Waals surface area contributed by atoms with E-state index >= 15 is 0 Å². The van der Waals surface area contributed by atoms with Gasteiger partial charge >= 0.3 is 0 Å². The Morgan fingerprint density at radius 2 is 2.20 bits per heavy atom. The lowest BCUT2D eigenvalue weighted by Crippen LogP contribution is -1.97. The average Bonchev–Trinajstić information content (AvgIpc) is 2.51. The number of halogens is 2. The second kappa shape index (κ2) is 4.09. The predicted molar refractivity (Wildman–Crippen MR) is 71.3 cm³/mol. The van der Waals surface area contributed by atoms with Crippen molar-refractivity contribution in [1.82, 2.24) is 14.8 Å². The average molecular weight is 379 g/mol. The number of hydrogen-bond acceptors (Lipinski definition) is 3. The van der Waals surface area contributed by atoms with Gasteiger partial charge in [0, 0.05) is 20.7 Å². The fourth-order valence-electron chi connectivity index (χ4n) is 1.18. The van der Waals surface area contributed by atoms with Gasteiger partial charge in [-0.25, -0.2) is 4.68 Å². The molecular formula is C9H8BrIN4. The van der Waals surface area contributed by atoms with Gasteiger partial charge < -0.3 is 5.73 Å². The molecule has 1 aromatic heterocycles. The minimum Gasteiger partial charge on any atom is -0.368 e. The number of nitrogen functional groups attached to an aromatic ring is 1. The smallest absolute Gasteiger partial charge is 0.218 e. The van der Waals surface area contributed by atoms with Gasteiger partial charge in [0.15, 0.2) is 5.82 Å². The van der Waals surface area contributed by atoms with Gasteiger partial charge in [-0.1, -0.05) is 15.9 Å². The van der Waals surface area contributed by atoms with Crippen molar-refractivity contribution in [2.45, 2.75) is 0 Å². The summed E-state index contributed by atoms with van der Waals surface area (Å²) >= 11 is 5.67. The van der Waals surface area contributed by atoms with E-state index in [2.05, 4.69) is 48.6 Å². The molecule has 2 rings (SSSR count). The lowest BCUT2D eigenvalue weighted by atomic mass is 10.2. The molecule has 0 spiro atoms. The van der Waals surface area contributed by atoms with E-state index in [-0.39, 0.29) is 0 Å². The Kier molecular flexibility index (Phi) is 2.96. The zero-order valence-electron chi connectivity index (χ0n) is 7.91. The highest BCUT2D eigenvalue weighted by Crippen LogP contribution is 2.26. The fourth-order valence-corrected chi connectivity index (χ4v) is 2.12. The van der Waals surface area contributed by atoms with Crippen LogP contribution in [0.2, 0.25) is 0 Å². The van der Waals surface area contributed by atoms with Crippen LogP contribution in [0.5, 0.6) is 0 Å². The molecule has 2 aromatic rings. The number of nitrogens with two attached hydrogens (primary N) is 1. The van der Waals surface area contributed by atoms with Gasteiger partial charge in [-0.15, -0.1) is 5.10 Å². The number of anilines is 1. The molecule has 0 amide bonds. The molecule has 0 radical (unpaired) electrons. The quantitative estimate of drug-likeness (QED) is 0.775. The maximum atomic E-state index is 5.64. The first-order valence-corrected chi connectivity index (χ1v) is 6.07. The number of hydrogen-bond donors (Lipinski definition) is 1. The molecule has 0 aliphatic carbocycles. The number of nitrogens with zero attached hydrogens (tertiary/aromatic N) is 3. The molecule has 0 saturated heterocycles. The van der Waals surface area contributed by atoms with Crippen LogP contribution in [0, 0.1) is 3.57 Å². The molecule has 0 aliphatic rings. The number of aryl methyl sites for hydroxylation is 1. The van der Waals surface area contributed by atoms with Gasteiger partial charge in [0.05, 0.1) is 0 Å². The summed E-state index contributed by atoms with van der Waals surface area (Å²) in [5, 5.41) is 4.24. The lowest BCUT2D eigenvalue weighted by Gasteiger charge is -1.99. The van der Waals surface area contributed by atoms with Crippen LogP contribution in [0.15, 0.2) is 22.7 Å². The first-order chi connectivity index (χ1) is 7.08. The van der Waals surface area contributed by atoms with E-state index in [1.54, 1.807) is 11.7 Å². The van der Waals surface area contributed by atoms with Crippen LogP contribution in [0.3, 0.4) is 0 Å². The molecule has 0 unspecified atom stereocenters. The van der Waals surface area contributed by atoms with Gasteiger partial charge in [0.1, 0.15) is 0 Å². The van der Waals surface area contributed by atoms with Crippen LogP contribution in [0.25, 0.3) is 11.4 Å². The highest BCUT2D eigenvalue weighted by Gasteiger charge is 2.10. The zero-order chi connectivity index (χ0) is 11.0. The third-order valence-corrected chi connectivity index (χ3v) is 3.40. The van der Waals surface area contributed by atoms with Gasteiger partial charge in [0.25, 0.3) is 0 Å². The number of rotatable bonds is 1. The summed E-state index contributed by atoms with van der Waals surface area (Å²) < 4.78 is 3.66. The van der Waals surface area contributed by atoms with E-state index < -0.39 is 0 Å². The topological polar surface area (TPSA) is 56.7 Å². The molecule has 0 atom stereocenters. The molecule has 2 N–H and O–H groups in total. The van der Waals surface area contributed by atoms with Crippen LogP contribution >= 0.6 is 38.5 Å². The maximum absolute atomic E-state index is 5.64. The second-order valence-corrected chi connectivity index (χ2v) is 5.12. The third kappa shape index (κ3) is 2.15. The molecular weight excluding hydrogens is 371 g/mol. The summed E-state index contributed by atoms with van der Waals surface area (Å²) in [4.78, 5) is 4.19. The van der Waals surface area contributed by atoms with Crippen LogP contribution in [0.1, 0.15) is 0 Å². The Morgan fingerprint density at radius 1 is 1.47 bits per heavy atom. The third-order valence-electron chi connectivity index (χ3n) is 1.97. The summed E-state index contributed by atoms with van der Waals surface area (Å²) in [7, 11) is 1.77. The van der Waals surface area contributed by atoms with E-state index in [1.165, 1.54) is 0 Å². The fraction of sp³-hybridized carbons (Fsp3) is 0.111. The van der Waals surface area contributed by atoms with Crippen molar-refractivity contribution in [1.29, 1.82) is 0 Å². The van der Waals surface area contributed by atoms with E-state index in [0.29, 0.717) is 11.8 Å². The summed E-state index contributed by atoms with van der Waals surface area (Å²) in [6.45, 7) is 0. The first kappa shape index (κ1) is 10.9. The molecule has 1 heterocycles. The molecule has 78 valence electrons. The van der Waals surface area contributed by atoms with Crippen LogP contribution in [-0.2, 0) is 7.05 Å². The summed E-state index contributed by atoms with van der Waals surface area (Å²) in [6, 6.07) is 5.97. The molecule has 4 nitrogen and oxygen atoms in total. The summed E-state index contributed by atoms with van der Waals surface area (Å²) in [5.41, 5.74) is 6.62. The Labute approximate surface area is 109 Å². The molecule has 15 heavy (non-hydrogen) atoms. The monoisotopic (exact) mass is 378 g/mol. The first-order valence-electron chi connectivity index (χ1n) is 4.20. The van der Waals surface area contributed by atoms with Crippen molar-refractivity contribution >= 4 is 44.5 Å². The van der Waals surface area contributed by atoms with Crippen molar-refractivity contribution < 1.29 is 0 Å². The maximum Gasteiger partial charge on any atom is 0.218 e. The van der Waals surface area contributed by atoms with Crippen molar-refractivity contribution in [2.24, 2.45) is 7.05 Å². The van der Waals surface area contributed by atoms with Gasteiger partial charge in [-0.2, -0.15) is 4.98 Å². The van der Waals surface area contributed by atoms with Gasteiger partial charge in [0.2, 0.25) is 5.95 Å². The normalized spacial score (nSPS) is 10.6. The van der Waals surface area contributed by atoms with E-state index in [4.69, 9.17) is 5.73 Å². The standard InChI is InChI=1S/C9H8BrIN4/c1-15-9(12)13-8(14-15)6-4-5(10)2-3-7(6)11/h2-4H,1H3,(H2,12,13,14).